The van der Waals surface area contributed by atoms with Crippen LogP contribution in [0.2, 0.25) is 0 Å². The van der Waals surface area contributed by atoms with Crippen LogP contribution < -0.4 is 0 Å². The number of phosphoric acid groups is 6. The molecule has 0 aliphatic carbocycles. The maximum Gasteiger partial charge on any atom is 0.490 e. The highest BCUT2D eigenvalue weighted by molar-refractivity contribution is 7.67. The van der Waals surface area contributed by atoms with Crippen LogP contribution in [0.5, 0.6) is 0 Å². The molecule has 0 saturated heterocycles. The number of hydrogen-bond donors (Lipinski definition) is 10. The highest BCUT2D eigenvalue weighted by Gasteiger charge is 2.39. The van der Waals surface area contributed by atoms with Gasteiger partial charge >= 0.3 is 46.9 Å². The molecule has 0 spiro atoms. The van der Waals surface area contributed by atoms with E-state index in [4.69, 9.17) is 48.9 Å². The molecular formula is H20O25P6. The maximum absolute atomic E-state index is 10.4. The van der Waals surface area contributed by atoms with Crippen molar-refractivity contribution in [1.29, 1.82) is 0 Å². The van der Waals surface area contributed by atoms with Crippen LogP contribution in [-0.4, -0.2) is 76.3 Å². The van der Waals surface area contributed by atoms with Gasteiger partial charge in [-0.25, -0.2) is 27.4 Å². The molecule has 0 amide bonds. The number of rotatable bonds is 8. The first-order valence-electron chi connectivity index (χ1n) is 4.56. The predicted octanol–water partition coefficient (Wildman–Crippen LogP) is -5.51. The summed E-state index contributed by atoms with van der Waals surface area (Å²) in [6.45, 7) is 0. The molecule has 0 aromatic heterocycles. The third kappa shape index (κ3) is 41.4. The van der Waals surface area contributed by atoms with Gasteiger partial charge in [0.1, 0.15) is 0 Å². The lowest BCUT2D eigenvalue weighted by Gasteiger charge is -2.12. The Morgan fingerprint density at radius 3 is 0.484 bits per heavy atom. The summed E-state index contributed by atoms with van der Waals surface area (Å²) < 4.78 is 72.8. The average Bonchev–Trinajstić information content (AvgIpc) is 1.97. The van der Waals surface area contributed by atoms with Crippen molar-refractivity contribution in [3.05, 3.63) is 0 Å². The van der Waals surface area contributed by atoms with Gasteiger partial charge in [-0.2, -0.15) is 17.2 Å². The minimum Gasteiger partial charge on any atom is -0.412 e. The molecule has 0 saturated carbocycles. The molecule has 31 heavy (non-hydrogen) atoms. The molecule has 25 nitrogen and oxygen atoms in total. The molecule has 0 aliphatic rings. The molecule has 0 aliphatic heterocycles. The van der Waals surface area contributed by atoms with E-state index in [9.17, 15) is 27.4 Å². The molecule has 0 fully saturated rings. The number of hydrogen-bond acceptors (Lipinski definition) is 10. The lowest BCUT2D eigenvalue weighted by molar-refractivity contribution is 0.198. The zero-order valence-corrected chi connectivity index (χ0v) is 19.1. The summed E-state index contributed by atoms with van der Waals surface area (Å²) in [6, 6.07) is 0. The second-order valence-electron chi connectivity index (χ2n) is 3.23. The Labute approximate surface area is 168 Å². The van der Waals surface area contributed by atoms with Gasteiger partial charge in [-0.1, -0.05) is 0 Å². The molecule has 0 atom stereocenters. The fraction of sp³-hybridized carbons (Fsp3) is 0. The van der Waals surface area contributed by atoms with Gasteiger partial charge in [-0.15, -0.1) is 0 Å². The van der Waals surface area contributed by atoms with Gasteiger partial charge in [0.25, 0.3) is 0 Å². The lowest BCUT2D eigenvalue weighted by atomic mass is 15.7. The van der Waals surface area contributed by atoms with Gasteiger partial charge in [-0.05, 0) is 0 Å². The molecule has 0 unspecified atom stereocenters. The van der Waals surface area contributed by atoms with Crippen LogP contribution in [0.1, 0.15) is 0 Å². The Morgan fingerprint density at radius 1 is 0.323 bits per heavy atom. The van der Waals surface area contributed by atoms with Gasteiger partial charge in [0, 0.05) is 0 Å². The minimum atomic E-state index is -5.46. The zero-order valence-electron chi connectivity index (χ0n) is 13.7. The summed E-state index contributed by atoms with van der Waals surface area (Å²) in [7, 11) is -32.3. The van der Waals surface area contributed by atoms with E-state index in [0.717, 1.165) is 0 Å². The molecule has 20 N–H and O–H groups in total. The van der Waals surface area contributed by atoms with Gasteiger partial charge in [-0.3, -0.25) is 0 Å². The summed E-state index contributed by atoms with van der Waals surface area (Å²) in [5, 5.41) is 0. The summed E-state index contributed by atoms with van der Waals surface area (Å²) in [5.74, 6) is 0. The molecule has 31 heteroatoms. The van der Waals surface area contributed by atoms with E-state index in [1.807, 2.05) is 0 Å². The molecule has 0 aromatic carbocycles. The van der Waals surface area contributed by atoms with Gasteiger partial charge in [0.2, 0.25) is 0 Å². The fourth-order valence-electron chi connectivity index (χ4n) is 0.567. The van der Waals surface area contributed by atoms with Gasteiger partial charge < -0.3 is 76.3 Å². The average molecular weight is 606 g/mol. The third-order valence-corrected chi connectivity index (χ3v) is 7.54. The van der Waals surface area contributed by atoms with E-state index >= 15 is 0 Å². The topological polar surface area (TPSA) is 499 Å². The molecule has 0 heterocycles. The van der Waals surface area contributed by atoms with Crippen molar-refractivity contribution in [1.82, 2.24) is 0 Å². The first kappa shape index (κ1) is 48.9. The quantitative estimate of drug-likeness (QED) is 0.115. The predicted molar refractivity (Wildman–Crippen MR) is 90.2 cm³/mol. The van der Waals surface area contributed by atoms with Crippen LogP contribution in [0.4, 0.5) is 0 Å². The largest absolute Gasteiger partial charge is 0.490 e. The van der Waals surface area contributed by atoms with Crippen molar-refractivity contribution in [2.45, 2.75) is 0 Å². The molecule has 0 radical (unpaired) electrons. The van der Waals surface area contributed by atoms with E-state index < -0.39 is 46.9 Å². The lowest BCUT2D eigenvalue weighted by Crippen LogP contribution is -1.92. The molecule has 200 valence electrons. The van der Waals surface area contributed by atoms with Gasteiger partial charge in [0.15, 0.2) is 0 Å². The Hall–Kier alpha value is 0.620. The SMILES string of the molecule is O.O.O.O.O.O=P(O)(O)OP(=O)(O)OP(=O)(O)O.O=P(O)(O)OP(=O)(O)OP(=O)(O)O. The van der Waals surface area contributed by atoms with Crippen LogP contribution in [0, 0.1) is 0 Å². The first-order valence-corrected chi connectivity index (χ1v) is 13.7. The summed E-state index contributed by atoms with van der Waals surface area (Å²) in [6.07, 6.45) is 0. The van der Waals surface area contributed by atoms with Crippen LogP contribution in [0.3, 0.4) is 0 Å². The Balaban J connectivity index is -0.0000000640. The standard InChI is InChI=1S/2H5O10P3.5H2O/c2*1-11(2,3)9-13(7,8)10-12(4,5)6;;;;;/h2*(H,7,8)(H2,1,2,3)(H2,4,5,6);5*1H2. The monoisotopic (exact) mass is 606 g/mol. The second-order valence-corrected chi connectivity index (χ2v) is 11.6. The van der Waals surface area contributed by atoms with Gasteiger partial charge in [0.05, 0.1) is 0 Å². The van der Waals surface area contributed by atoms with E-state index in [1.54, 1.807) is 0 Å². The first-order chi connectivity index (χ1) is 10.8. The van der Waals surface area contributed by atoms with E-state index in [-0.39, 0.29) is 27.4 Å². The van der Waals surface area contributed by atoms with E-state index in [1.165, 1.54) is 0 Å². The van der Waals surface area contributed by atoms with Crippen LogP contribution >= 0.6 is 46.9 Å². The van der Waals surface area contributed by atoms with Crippen LogP contribution in [0.25, 0.3) is 0 Å². The van der Waals surface area contributed by atoms with Crippen LogP contribution in [-0.2, 0) is 44.6 Å². The minimum absolute atomic E-state index is 0. The summed E-state index contributed by atoms with van der Waals surface area (Å²) in [5.41, 5.74) is 0. The van der Waals surface area contributed by atoms with Crippen molar-refractivity contribution >= 4 is 46.9 Å². The summed E-state index contributed by atoms with van der Waals surface area (Å²) >= 11 is 0. The third-order valence-electron chi connectivity index (χ3n) is 0.838. The van der Waals surface area contributed by atoms with Crippen molar-refractivity contribution < 1.29 is 121 Å². The smallest absolute Gasteiger partial charge is 0.412 e. The Kier molecular flexibility index (Phi) is 25.7. The molecular weight excluding hydrogens is 586 g/mol. The second kappa shape index (κ2) is 16.3. The Bertz CT molecular complexity index is 610. The summed E-state index contributed by atoms with van der Waals surface area (Å²) in [4.78, 5) is 80.4. The molecule has 0 aromatic rings. The molecule has 0 bridgehead atoms. The van der Waals surface area contributed by atoms with E-state index in [2.05, 4.69) is 17.2 Å². The fourth-order valence-corrected chi connectivity index (χ4v) is 5.64. The van der Waals surface area contributed by atoms with Crippen LogP contribution in [0.15, 0.2) is 0 Å². The highest BCUT2D eigenvalue weighted by Crippen LogP contribution is 2.65. The molecule has 0 rings (SSSR count). The zero-order chi connectivity index (χ0) is 21.8. The van der Waals surface area contributed by atoms with E-state index in [0.29, 0.717) is 0 Å². The van der Waals surface area contributed by atoms with Crippen molar-refractivity contribution in [2.75, 3.05) is 0 Å². The Morgan fingerprint density at radius 2 is 0.419 bits per heavy atom. The highest BCUT2D eigenvalue weighted by atomic mass is 31.3. The van der Waals surface area contributed by atoms with Crippen molar-refractivity contribution in [3.8, 4) is 0 Å². The normalized spacial score (nSPS) is 12.2. The van der Waals surface area contributed by atoms with Crippen molar-refractivity contribution in [2.24, 2.45) is 0 Å². The van der Waals surface area contributed by atoms with Crippen molar-refractivity contribution in [3.63, 3.8) is 0 Å². The maximum atomic E-state index is 10.4.